The summed E-state index contributed by atoms with van der Waals surface area (Å²) in [5.41, 5.74) is 2.18. The Balaban J connectivity index is 1.65. The minimum absolute atomic E-state index is 0.134. The van der Waals surface area contributed by atoms with Gasteiger partial charge >= 0.3 is 0 Å². The van der Waals surface area contributed by atoms with Crippen molar-refractivity contribution >= 4 is 28.3 Å². The lowest BCUT2D eigenvalue weighted by molar-refractivity contribution is 0.856. The van der Waals surface area contributed by atoms with E-state index >= 15 is 0 Å². The molecule has 3 heterocycles. The van der Waals surface area contributed by atoms with Crippen LogP contribution in [0.4, 0.5) is 5.82 Å². The van der Waals surface area contributed by atoms with E-state index in [-0.39, 0.29) is 11.6 Å². The van der Waals surface area contributed by atoms with E-state index in [1.165, 1.54) is 0 Å². The normalized spacial score (nSPS) is 12.2. The molecule has 0 saturated heterocycles. The second-order valence-corrected chi connectivity index (χ2v) is 6.46. The van der Waals surface area contributed by atoms with Crippen LogP contribution in [0.3, 0.4) is 0 Å². The van der Waals surface area contributed by atoms with E-state index in [1.54, 1.807) is 30.9 Å². The van der Waals surface area contributed by atoms with Gasteiger partial charge in [-0.2, -0.15) is 0 Å². The smallest absolute Gasteiger partial charge is 0.253 e. The van der Waals surface area contributed by atoms with Crippen LogP contribution in [0.25, 0.3) is 16.6 Å². The molecule has 0 spiro atoms. The van der Waals surface area contributed by atoms with Crippen molar-refractivity contribution in [3.8, 4) is 5.69 Å². The monoisotopic (exact) mass is 365 g/mol. The molecule has 4 rings (SSSR count). The molecule has 0 bridgehead atoms. The van der Waals surface area contributed by atoms with Gasteiger partial charge in [0.15, 0.2) is 0 Å². The predicted octanol–water partition coefficient (Wildman–Crippen LogP) is 3.94. The topological polar surface area (TPSA) is 75.6 Å². The molecule has 4 aromatic rings. The lowest BCUT2D eigenvalue weighted by Gasteiger charge is -2.15. The van der Waals surface area contributed by atoms with Gasteiger partial charge in [-0.3, -0.25) is 4.79 Å². The van der Waals surface area contributed by atoms with Crippen molar-refractivity contribution < 1.29 is 0 Å². The molecule has 7 heteroatoms. The number of pyridine rings is 2. The van der Waals surface area contributed by atoms with E-state index in [0.29, 0.717) is 16.4 Å². The Kier molecular flexibility index (Phi) is 4.18. The highest BCUT2D eigenvalue weighted by atomic mass is 35.5. The van der Waals surface area contributed by atoms with E-state index in [0.717, 1.165) is 16.6 Å². The van der Waals surface area contributed by atoms with Gasteiger partial charge in [-0.25, -0.2) is 9.97 Å². The van der Waals surface area contributed by atoms with E-state index in [1.807, 2.05) is 42.0 Å². The summed E-state index contributed by atoms with van der Waals surface area (Å²) >= 11 is 6.06. The van der Waals surface area contributed by atoms with Crippen LogP contribution in [0.5, 0.6) is 0 Å². The quantitative estimate of drug-likeness (QED) is 0.574. The Morgan fingerprint density at radius 1 is 1.19 bits per heavy atom. The lowest BCUT2D eigenvalue weighted by Crippen LogP contribution is -2.19. The van der Waals surface area contributed by atoms with Crippen LogP contribution >= 0.6 is 11.6 Å². The summed E-state index contributed by atoms with van der Waals surface area (Å²) in [7, 11) is 0. The first-order valence-electron chi connectivity index (χ1n) is 8.13. The first-order valence-corrected chi connectivity index (χ1v) is 8.51. The molecule has 130 valence electrons. The number of aromatic nitrogens is 4. The van der Waals surface area contributed by atoms with Crippen molar-refractivity contribution in [3.63, 3.8) is 0 Å². The first kappa shape index (κ1) is 16.4. The van der Waals surface area contributed by atoms with E-state index < -0.39 is 0 Å². The van der Waals surface area contributed by atoms with Crippen molar-refractivity contribution in [2.75, 3.05) is 5.32 Å². The van der Waals surface area contributed by atoms with Crippen LogP contribution < -0.4 is 10.9 Å². The van der Waals surface area contributed by atoms with Crippen LogP contribution in [0.15, 0.2) is 66.1 Å². The SMILES string of the molecule is CC(Nc1cc(-n2ccnc2)ccn1)c1cc2cc(Cl)ccc2[nH]c1=O. The molecule has 0 saturated carbocycles. The highest BCUT2D eigenvalue weighted by Gasteiger charge is 2.12. The maximum atomic E-state index is 12.4. The van der Waals surface area contributed by atoms with Crippen LogP contribution in [0.1, 0.15) is 18.5 Å². The Morgan fingerprint density at radius 2 is 2.08 bits per heavy atom. The molecule has 0 aliphatic rings. The van der Waals surface area contributed by atoms with Gasteiger partial charge in [0.25, 0.3) is 5.56 Å². The molecule has 0 aliphatic carbocycles. The van der Waals surface area contributed by atoms with E-state index in [2.05, 4.69) is 20.3 Å². The molecule has 0 amide bonds. The maximum absolute atomic E-state index is 12.4. The molecular weight excluding hydrogens is 350 g/mol. The lowest BCUT2D eigenvalue weighted by atomic mass is 10.1. The van der Waals surface area contributed by atoms with Crippen molar-refractivity contribution in [1.29, 1.82) is 0 Å². The third-order valence-corrected chi connectivity index (χ3v) is 4.45. The molecule has 26 heavy (non-hydrogen) atoms. The van der Waals surface area contributed by atoms with Gasteiger partial charge in [-0.05, 0) is 37.3 Å². The van der Waals surface area contributed by atoms with Crippen molar-refractivity contribution in [3.05, 3.63) is 82.3 Å². The highest BCUT2D eigenvalue weighted by Crippen LogP contribution is 2.22. The minimum atomic E-state index is -0.229. The fraction of sp³-hybridized carbons (Fsp3) is 0.105. The Hall–Kier alpha value is -3.12. The van der Waals surface area contributed by atoms with Gasteiger partial charge in [0.2, 0.25) is 0 Å². The number of fused-ring (bicyclic) bond motifs is 1. The van der Waals surface area contributed by atoms with Gasteiger partial charge < -0.3 is 14.9 Å². The fourth-order valence-corrected chi connectivity index (χ4v) is 3.07. The molecule has 0 aliphatic heterocycles. The molecule has 0 radical (unpaired) electrons. The van der Waals surface area contributed by atoms with Crippen LogP contribution in [-0.2, 0) is 0 Å². The van der Waals surface area contributed by atoms with E-state index in [4.69, 9.17) is 11.6 Å². The number of hydrogen-bond acceptors (Lipinski definition) is 4. The number of imidazole rings is 1. The average molecular weight is 366 g/mol. The second-order valence-electron chi connectivity index (χ2n) is 6.02. The summed E-state index contributed by atoms with van der Waals surface area (Å²) in [6, 6.07) is 10.8. The number of H-pyrrole nitrogens is 1. The summed E-state index contributed by atoms with van der Waals surface area (Å²) in [5.74, 6) is 0.675. The molecule has 2 N–H and O–H groups in total. The number of rotatable bonds is 4. The third-order valence-electron chi connectivity index (χ3n) is 4.21. The molecular formula is C19H16ClN5O. The molecule has 0 fully saturated rings. The van der Waals surface area contributed by atoms with Crippen LogP contribution in [0, 0.1) is 0 Å². The van der Waals surface area contributed by atoms with Gasteiger partial charge in [0.05, 0.1) is 18.1 Å². The third kappa shape index (κ3) is 3.19. The number of aromatic amines is 1. The standard InChI is InChI=1S/C19H16ClN5O/c1-12(16-9-13-8-14(20)2-3-17(13)24-19(16)26)23-18-10-15(4-5-22-18)25-7-6-21-11-25/h2-12H,1H3,(H,22,23)(H,24,26). The van der Waals surface area contributed by atoms with Crippen molar-refractivity contribution in [1.82, 2.24) is 19.5 Å². The van der Waals surface area contributed by atoms with Crippen LogP contribution in [0.2, 0.25) is 5.02 Å². The maximum Gasteiger partial charge on any atom is 0.253 e. The Labute approximate surface area is 154 Å². The van der Waals surface area contributed by atoms with Crippen molar-refractivity contribution in [2.45, 2.75) is 13.0 Å². The van der Waals surface area contributed by atoms with Crippen molar-refractivity contribution in [2.24, 2.45) is 0 Å². The molecule has 1 atom stereocenters. The largest absolute Gasteiger partial charge is 0.363 e. The predicted molar refractivity (Wildman–Crippen MR) is 103 cm³/mol. The first-order chi connectivity index (χ1) is 12.6. The zero-order chi connectivity index (χ0) is 18.1. The highest BCUT2D eigenvalue weighted by molar-refractivity contribution is 6.31. The van der Waals surface area contributed by atoms with Crippen LogP contribution in [-0.4, -0.2) is 19.5 Å². The number of nitrogens with zero attached hydrogens (tertiary/aromatic N) is 3. The molecule has 3 aromatic heterocycles. The molecule has 1 unspecified atom stereocenters. The summed E-state index contributed by atoms with van der Waals surface area (Å²) in [4.78, 5) is 23.7. The summed E-state index contributed by atoms with van der Waals surface area (Å²) in [6.07, 6.45) is 7.02. The Bertz CT molecular complexity index is 1120. The van der Waals surface area contributed by atoms with Gasteiger partial charge in [0.1, 0.15) is 5.82 Å². The minimum Gasteiger partial charge on any atom is -0.363 e. The summed E-state index contributed by atoms with van der Waals surface area (Å²) in [6.45, 7) is 1.92. The Morgan fingerprint density at radius 3 is 2.88 bits per heavy atom. The zero-order valence-corrected chi connectivity index (χ0v) is 14.7. The number of nitrogens with one attached hydrogen (secondary N) is 2. The summed E-state index contributed by atoms with van der Waals surface area (Å²) < 4.78 is 1.89. The fourth-order valence-electron chi connectivity index (χ4n) is 2.89. The second kappa shape index (κ2) is 6.65. The zero-order valence-electron chi connectivity index (χ0n) is 14.0. The number of benzene rings is 1. The number of anilines is 1. The molecule has 1 aromatic carbocycles. The average Bonchev–Trinajstić information content (AvgIpc) is 3.16. The van der Waals surface area contributed by atoms with E-state index in [9.17, 15) is 4.79 Å². The van der Waals surface area contributed by atoms with Gasteiger partial charge in [0, 0.05) is 46.1 Å². The number of hydrogen-bond donors (Lipinski definition) is 2. The number of halogens is 1. The molecule has 6 nitrogen and oxygen atoms in total. The van der Waals surface area contributed by atoms with Gasteiger partial charge in [-0.15, -0.1) is 0 Å². The summed E-state index contributed by atoms with van der Waals surface area (Å²) in [5, 5.41) is 4.80. The van der Waals surface area contributed by atoms with Gasteiger partial charge in [-0.1, -0.05) is 11.6 Å².